The standard InChI is InChI=1S/C22H17NO5/c23-20-18(25)9-8-17-15(10-11-27-22(26)13-4-2-1-3-5-13)16-7-6-14(24)12-19(16)28-21(17)20/h1-9,12,24H,10-11,23H2. The molecule has 0 unspecified atom stereocenters. The summed E-state index contributed by atoms with van der Waals surface area (Å²) in [6.45, 7) is 0.141. The number of nitrogen functional groups attached to an aromatic ring is 1. The smallest absolute Gasteiger partial charge is 0.338 e. The van der Waals surface area contributed by atoms with Gasteiger partial charge in [0.2, 0.25) is 5.43 Å². The number of aromatic hydroxyl groups is 1. The maximum Gasteiger partial charge on any atom is 0.338 e. The van der Waals surface area contributed by atoms with Crippen molar-refractivity contribution in [3.63, 3.8) is 0 Å². The molecular formula is C22H17NO5. The fraction of sp³-hybridized carbons (Fsp3) is 0.0909. The highest BCUT2D eigenvalue weighted by Gasteiger charge is 2.20. The molecule has 0 amide bonds. The molecule has 3 N–H and O–H groups in total. The van der Waals surface area contributed by atoms with E-state index in [1.54, 1.807) is 42.5 Å². The molecular weight excluding hydrogens is 358 g/mol. The van der Waals surface area contributed by atoms with Crippen molar-refractivity contribution in [1.29, 1.82) is 0 Å². The van der Waals surface area contributed by atoms with Crippen molar-refractivity contribution in [1.82, 2.24) is 0 Å². The Morgan fingerprint density at radius 1 is 1.07 bits per heavy atom. The van der Waals surface area contributed by atoms with Crippen LogP contribution in [0.25, 0.3) is 22.3 Å². The van der Waals surface area contributed by atoms with Crippen LogP contribution in [0.15, 0.2) is 69.9 Å². The number of rotatable bonds is 4. The van der Waals surface area contributed by atoms with E-state index < -0.39 is 5.97 Å². The van der Waals surface area contributed by atoms with Crippen LogP contribution in [0.5, 0.6) is 5.75 Å². The third-order valence-electron chi connectivity index (χ3n) is 4.58. The van der Waals surface area contributed by atoms with E-state index in [1.807, 2.05) is 6.07 Å². The predicted molar refractivity (Wildman–Crippen MR) is 106 cm³/mol. The summed E-state index contributed by atoms with van der Waals surface area (Å²) in [5.41, 5.74) is 7.95. The highest BCUT2D eigenvalue weighted by molar-refractivity contribution is 5.92. The zero-order valence-corrected chi connectivity index (χ0v) is 14.8. The van der Waals surface area contributed by atoms with Gasteiger partial charge in [0.1, 0.15) is 17.0 Å². The first kappa shape index (κ1) is 17.6. The molecule has 0 aromatic heterocycles. The van der Waals surface area contributed by atoms with Crippen LogP contribution in [0, 0.1) is 0 Å². The van der Waals surface area contributed by atoms with Gasteiger partial charge in [0.25, 0.3) is 0 Å². The molecule has 0 spiro atoms. The molecule has 0 atom stereocenters. The van der Waals surface area contributed by atoms with Crippen LogP contribution in [0.4, 0.5) is 5.69 Å². The largest absolute Gasteiger partial charge is 0.508 e. The summed E-state index contributed by atoms with van der Waals surface area (Å²) in [5, 5.41) is 10.5. The zero-order chi connectivity index (χ0) is 19.7. The molecule has 2 aliphatic rings. The number of ether oxygens (including phenoxy) is 1. The van der Waals surface area contributed by atoms with Crippen molar-refractivity contribution in [3.8, 4) is 17.1 Å². The summed E-state index contributed by atoms with van der Waals surface area (Å²) < 4.78 is 11.2. The number of phenolic OH excluding ortho intramolecular Hbond substituents is 1. The summed E-state index contributed by atoms with van der Waals surface area (Å²) in [6, 6.07) is 16.5. The SMILES string of the molecule is Nc1c2oc3cc(O)ccc3c(CCOC(=O)c3ccccc3)c-2ccc1=O. The Balaban J connectivity index is 1.71. The second-order valence-electron chi connectivity index (χ2n) is 6.37. The molecule has 1 heterocycles. The second kappa shape index (κ2) is 7.08. The van der Waals surface area contributed by atoms with Gasteiger partial charge in [0.05, 0.1) is 12.2 Å². The Morgan fingerprint density at radius 2 is 1.86 bits per heavy atom. The van der Waals surface area contributed by atoms with Gasteiger partial charge in [-0.05, 0) is 42.0 Å². The Morgan fingerprint density at radius 3 is 2.64 bits per heavy atom. The highest BCUT2D eigenvalue weighted by atomic mass is 16.5. The lowest BCUT2D eigenvalue weighted by Crippen LogP contribution is -2.12. The fourth-order valence-corrected chi connectivity index (χ4v) is 3.20. The molecule has 0 fully saturated rings. The highest BCUT2D eigenvalue weighted by Crippen LogP contribution is 2.36. The molecule has 1 aliphatic carbocycles. The van der Waals surface area contributed by atoms with Gasteiger partial charge in [-0.2, -0.15) is 0 Å². The van der Waals surface area contributed by atoms with Crippen LogP contribution in [0.1, 0.15) is 15.9 Å². The van der Waals surface area contributed by atoms with Gasteiger partial charge in [0, 0.05) is 23.4 Å². The Bertz CT molecular complexity index is 1200. The first-order valence-corrected chi connectivity index (χ1v) is 8.73. The number of hydrogen-bond donors (Lipinski definition) is 2. The number of nitrogens with two attached hydrogens (primary N) is 1. The van der Waals surface area contributed by atoms with E-state index in [-0.39, 0.29) is 29.2 Å². The molecule has 2 aromatic rings. The van der Waals surface area contributed by atoms with Crippen molar-refractivity contribution < 1.29 is 19.1 Å². The van der Waals surface area contributed by atoms with Gasteiger partial charge in [-0.3, -0.25) is 4.79 Å². The number of carbonyl (C=O) groups is 1. The molecule has 0 bridgehead atoms. The molecule has 0 radical (unpaired) electrons. The topological polar surface area (TPSA) is 103 Å². The Labute approximate surface area is 160 Å². The van der Waals surface area contributed by atoms with Crippen LogP contribution in [-0.2, 0) is 11.2 Å². The monoisotopic (exact) mass is 375 g/mol. The van der Waals surface area contributed by atoms with Crippen LogP contribution in [-0.4, -0.2) is 17.7 Å². The average molecular weight is 375 g/mol. The van der Waals surface area contributed by atoms with E-state index in [4.69, 9.17) is 14.9 Å². The van der Waals surface area contributed by atoms with Crippen LogP contribution >= 0.6 is 0 Å². The first-order valence-electron chi connectivity index (χ1n) is 8.73. The second-order valence-corrected chi connectivity index (χ2v) is 6.37. The summed E-state index contributed by atoms with van der Waals surface area (Å²) in [5.74, 6) is -0.113. The number of anilines is 1. The van der Waals surface area contributed by atoms with Crippen LogP contribution in [0.3, 0.4) is 0 Å². The molecule has 0 saturated carbocycles. The van der Waals surface area contributed by atoms with Crippen molar-refractivity contribution >= 4 is 22.6 Å². The van der Waals surface area contributed by atoms with Crippen molar-refractivity contribution in [2.45, 2.75) is 6.42 Å². The average Bonchev–Trinajstić information content (AvgIpc) is 2.71. The molecule has 0 saturated heterocycles. The van der Waals surface area contributed by atoms with Crippen molar-refractivity contribution in [2.75, 3.05) is 12.3 Å². The van der Waals surface area contributed by atoms with Gasteiger partial charge >= 0.3 is 5.97 Å². The van der Waals surface area contributed by atoms with Crippen LogP contribution < -0.4 is 11.2 Å². The normalized spacial score (nSPS) is 11.0. The van der Waals surface area contributed by atoms with E-state index in [0.29, 0.717) is 23.1 Å². The van der Waals surface area contributed by atoms with E-state index in [1.165, 1.54) is 12.1 Å². The lowest BCUT2D eigenvalue weighted by Gasteiger charge is -2.16. The van der Waals surface area contributed by atoms with Gasteiger partial charge in [-0.1, -0.05) is 18.2 Å². The first-order chi connectivity index (χ1) is 13.5. The Hall–Kier alpha value is -3.80. The lowest BCUT2D eigenvalue weighted by molar-refractivity contribution is 0.0509. The summed E-state index contributed by atoms with van der Waals surface area (Å²) in [6.07, 6.45) is 0.393. The number of fused-ring (bicyclic) bond motifs is 2. The molecule has 28 heavy (non-hydrogen) atoms. The third kappa shape index (κ3) is 3.16. The maximum absolute atomic E-state index is 12.2. The molecule has 2 aromatic carbocycles. The van der Waals surface area contributed by atoms with Gasteiger partial charge < -0.3 is 20.0 Å². The summed E-state index contributed by atoms with van der Waals surface area (Å²) in [4.78, 5) is 24.1. The zero-order valence-electron chi connectivity index (χ0n) is 14.8. The minimum atomic E-state index is -0.408. The van der Waals surface area contributed by atoms with E-state index in [2.05, 4.69) is 0 Å². The van der Waals surface area contributed by atoms with Crippen molar-refractivity contribution in [2.24, 2.45) is 0 Å². The van der Waals surface area contributed by atoms with E-state index in [0.717, 1.165) is 10.9 Å². The van der Waals surface area contributed by atoms with E-state index in [9.17, 15) is 14.7 Å². The maximum atomic E-state index is 12.2. The van der Waals surface area contributed by atoms with Gasteiger partial charge in [-0.15, -0.1) is 0 Å². The third-order valence-corrected chi connectivity index (χ3v) is 4.58. The van der Waals surface area contributed by atoms with Crippen molar-refractivity contribution in [3.05, 3.63) is 82.0 Å². The number of benzene rings is 3. The molecule has 4 rings (SSSR count). The van der Waals surface area contributed by atoms with Gasteiger partial charge in [0.15, 0.2) is 5.76 Å². The van der Waals surface area contributed by atoms with E-state index >= 15 is 0 Å². The number of esters is 1. The van der Waals surface area contributed by atoms with Crippen LogP contribution in [0.2, 0.25) is 0 Å². The summed E-state index contributed by atoms with van der Waals surface area (Å²) in [7, 11) is 0. The predicted octanol–water partition coefficient (Wildman–Crippen LogP) is 3.59. The quantitative estimate of drug-likeness (QED) is 0.321. The number of hydrogen-bond acceptors (Lipinski definition) is 6. The minimum absolute atomic E-state index is 0.00488. The number of carbonyl (C=O) groups excluding carboxylic acids is 1. The summed E-state index contributed by atoms with van der Waals surface area (Å²) >= 11 is 0. The lowest BCUT2D eigenvalue weighted by atomic mass is 9.96. The fourth-order valence-electron chi connectivity index (χ4n) is 3.20. The van der Waals surface area contributed by atoms with Gasteiger partial charge in [-0.25, -0.2) is 4.79 Å². The molecule has 6 nitrogen and oxygen atoms in total. The molecule has 6 heteroatoms. The molecule has 1 aliphatic heterocycles. The minimum Gasteiger partial charge on any atom is -0.508 e. The Kier molecular flexibility index (Phi) is 4.45. The number of phenols is 1. The molecule has 140 valence electrons.